The van der Waals surface area contributed by atoms with Gasteiger partial charge in [0.1, 0.15) is 11.2 Å². The predicted molar refractivity (Wildman–Crippen MR) is 94.8 cm³/mol. The predicted octanol–water partition coefficient (Wildman–Crippen LogP) is 4.39. The van der Waals surface area contributed by atoms with E-state index in [1.54, 1.807) is 4.90 Å². The van der Waals surface area contributed by atoms with Gasteiger partial charge in [0.05, 0.1) is 5.41 Å². The summed E-state index contributed by atoms with van der Waals surface area (Å²) >= 11 is 0. The summed E-state index contributed by atoms with van der Waals surface area (Å²) in [4.78, 5) is 26.4. The summed E-state index contributed by atoms with van der Waals surface area (Å²) in [6, 6.07) is 0. The molecule has 0 saturated carbocycles. The molecule has 5 heteroatoms. The average Bonchev–Trinajstić information content (AvgIpc) is 2.46. The molecule has 1 aliphatic heterocycles. The number of hydrogen-bond donors (Lipinski definition) is 0. The van der Waals surface area contributed by atoms with Crippen molar-refractivity contribution >= 4 is 12.1 Å². The molecule has 0 bridgehead atoms. The van der Waals surface area contributed by atoms with Gasteiger partial charge in [0.15, 0.2) is 0 Å². The van der Waals surface area contributed by atoms with Crippen molar-refractivity contribution in [2.45, 2.75) is 85.9 Å². The van der Waals surface area contributed by atoms with E-state index in [1.165, 1.54) is 0 Å². The van der Waals surface area contributed by atoms with Gasteiger partial charge in [-0.1, -0.05) is 20.8 Å². The van der Waals surface area contributed by atoms with E-state index in [0.717, 1.165) is 6.42 Å². The van der Waals surface area contributed by atoms with Crippen molar-refractivity contribution in [2.75, 3.05) is 13.1 Å². The Kier molecular flexibility index (Phi) is 6.34. The van der Waals surface area contributed by atoms with E-state index < -0.39 is 16.6 Å². The first-order valence-electron chi connectivity index (χ1n) is 9.04. The fourth-order valence-corrected chi connectivity index (χ4v) is 2.18. The van der Waals surface area contributed by atoms with Gasteiger partial charge in [-0.15, -0.1) is 0 Å². The molecule has 0 aromatic heterocycles. The molecule has 1 rings (SSSR count). The van der Waals surface area contributed by atoms with Crippen LogP contribution in [-0.4, -0.2) is 41.3 Å². The maximum absolute atomic E-state index is 12.4. The van der Waals surface area contributed by atoms with Crippen LogP contribution in [0.15, 0.2) is 0 Å². The second-order valence-electron chi connectivity index (χ2n) is 8.69. The van der Waals surface area contributed by atoms with Gasteiger partial charge in [0.25, 0.3) is 0 Å². The van der Waals surface area contributed by atoms with Crippen LogP contribution in [-0.2, 0) is 14.3 Å². The van der Waals surface area contributed by atoms with Crippen molar-refractivity contribution in [3.05, 3.63) is 0 Å². The van der Waals surface area contributed by atoms with Crippen LogP contribution in [0.25, 0.3) is 0 Å². The van der Waals surface area contributed by atoms with Gasteiger partial charge in [-0.25, -0.2) is 4.79 Å². The highest BCUT2D eigenvalue weighted by atomic mass is 16.6. The fraction of sp³-hybridized carbons (Fsp3) is 0.895. The van der Waals surface area contributed by atoms with E-state index >= 15 is 0 Å². The first kappa shape index (κ1) is 20.8. The molecule has 0 aliphatic carbocycles. The number of piperidine rings is 1. The van der Waals surface area contributed by atoms with Crippen molar-refractivity contribution in [3.8, 4) is 0 Å². The quantitative estimate of drug-likeness (QED) is 0.696. The van der Waals surface area contributed by atoms with Crippen LogP contribution < -0.4 is 0 Å². The first-order chi connectivity index (χ1) is 10.8. The van der Waals surface area contributed by atoms with Gasteiger partial charge >= 0.3 is 12.1 Å². The molecule has 0 aromatic rings. The molecule has 0 atom stereocenters. The molecule has 1 amide bonds. The van der Waals surface area contributed by atoms with Gasteiger partial charge in [0.2, 0.25) is 0 Å². The normalized spacial score (nSPS) is 18.5. The highest BCUT2D eigenvalue weighted by molar-refractivity contribution is 5.76. The number of hydrogen-bond acceptors (Lipinski definition) is 4. The van der Waals surface area contributed by atoms with Crippen LogP contribution in [0.1, 0.15) is 74.7 Å². The minimum atomic E-state index is -0.506. The van der Waals surface area contributed by atoms with Crippen molar-refractivity contribution in [2.24, 2.45) is 11.3 Å². The molecule has 1 saturated heterocycles. The van der Waals surface area contributed by atoms with Gasteiger partial charge in [-0.2, -0.15) is 0 Å². The lowest BCUT2D eigenvalue weighted by molar-refractivity contribution is -0.173. The van der Waals surface area contributed by atoms with Crippen molar-refractivity contribution in [1.29, 1.82) is 0 Å². The Labute approximate surface area is 147 Å². The molecule has 24 heavy (non-hydrogen) atoms. The summed E-state index contributed by atoms with van der Waals surface area (Å²) in [7, 11) is 0. The Bertz CT molecular complexity index is 460. The van der Waals surface area contributed by atoms with Gasteiger partial charge < -0.3 is 14.4 Å². The summed E-state index contributed by atoms with van der Waals surface area (Å²) in [5.74, 6) is 0.0817. The number of likely N-dealkylation sites (tertiary alicyclic amines) is 1. The maximum atomic E-state index is 12.4. The monoisotopic (exact) mass is 341 g/mol. The van der Waals surface area contributed by atoms with Crippen molar-refractivity contribution in [3.63, 3.8) is 0 Å². The number of carbonyl (C=O) groups is 2. The Morgan fingerprint density at radius 3 is 2.04 bits per heavy atom. The van der Waals surface area contributed by atoms with Gasteiger partial charge in [-0.3, -0.25) is 4.79 Å². The molecule has 0 spiro atoms. The van der Waals surface area contributed by atoms with E-state index in [2.05, 4.69) is 0 Å². The van der Waals surface area contributed by atoms with Crippen molar-refractivity contribution in [1.82, 2.24) is 4.90 Å². The molecule has 0 N–H and O–H groups in total. The molecule has 1 fully saturated rings. The zero-order valence-electron chi connectivity index (χ0n) is 16.7. The van der Waals surface area contributed by atoms with E-state index in [0.29, 0.717) is 25.9 Å². The smallest absolute Gasteiger partial charge is 0.410 e. The molecular weight excluding hydrogens is 306 g/mol. The van der Waals surface area contributed by atoms with Crippen molar-refractivity contribution < 1.29 is 19.1 Å². The van der Waals surface area contributed by atoms with Crippen LogP contribution >= 0.6 is 0 Å². The first-order valence-corrected chi connectivity index (χ1v) is 9.04. The standard InChI is InChI=1S/C19H35NO4/c1-9-17(4,5)15(21)23-19(8)10-12-20(13-11-19)16(22)24-18(6,7)14(2)3/h14H,9-13H2,1-8H3. The van der Waals surface area contributed by atoms with E-state index in [1.807, 2.05) is 55.4 Å². The number of amides is 1. The Morgan fingerprint density at radius 1 is 1.12 bits per heavy atom. The Balaban J connectivity index is 2.60. The van der Waals surface area contributed by atoms with Crippen LogP contribution in [0, 0.1) is 11.3 Å². The number of rotatable bonds is 5. The molecule has 1 aliphatic rings. The number of ether oxygens (including phenoxy) is 2. The second kappa shape index (κ2) is 7.32. The Hall–Kier alpha value is -1.26. The minimum Gasteiger partial charge on any atom is -0.459 e. The zero-order valence-corrected chi connectivity index (χ0v) is 16.7. The summed E-state index contributed by atoms with van der Waals surface area (Å²) in [5.41, 5.74) is -1.47. The molecule has 140 valence electrons. The third-order valence-electron chi connectivity index (χ3n) is 5.60. The van der Waals surface area contributed by atoms with Gasteiger partial charge in [0, 0.05) is 25.9 Å². The van der Waals surface area contributed by atoms with E-state index in [9.17, 15) is 9.59 Å². The SMILES string of the molecule is CCC(C)(C)C(=O)OC1(C)CCN(C(=O)OC(C)(C)C(C)C)CC1. The molecule has 0 radical (unpaired) electrons. The minimum absolute atomic E-state index is 0.163. The lowest BCUT2D eigenvalue weighted by atomic mass is 9.88. The lowest BCUT2D eigenvalue weighted by Gasteiger charge is -2.41. The molecule has 1 heterocycles. The zero-order chi connectivity index (χ0) is 18.8. The van der Waals surface area contributed by atoms with Gasteiger partial charge in [-0.05, 0) is 47.0 Å². The van der Waals surface area contributed by atoms with E-state index in [4.69, 9.17) is 9.47 Å². The number of carbonyl (C=O) groups excluding carboxylic acids is 2. The molecule has 0 unspecified atom stereocenters. The highest BCUT2D eigenvalue weighted by Crippen LogP contribution is 2.32. The van der Waals surface area contributed by atoms with Crippen LogP contribution in [0.2, 0.25) is 0 Å². The molecule has 0 aromatic carbocycles. The largest absolute Gasteiger partial charge is 0.459 e. The third-order valence-corrected chi connectivity index (χ3v) is 5.60. The fourth-order valence-electron chi connectivity index (χ4n) is 2.18. The number of esters is 1. The van der Waals surface area contributed by atoms with E-state index in [-0.39, 0.29) is 18.0 Å². The second-order valence-corrected chi connectivity index (χ2v) is 8.69. The lowest BCUT2D eigenvalue weighted by Crippen LogP contribution is -2.50. The summed E-state index contributed by atoms with van der Waals surface area (Å²) in [6.45, 7) is 16.8. The maximum Gasteiger partial charge on any atom is 0.410 e. The van der Waals surface area contributed by atoms with Crippen LogP contribution in [0.4, 0.5) is 4.79 Å². The third kappa shape index (κ3) is 5.12. The number of nitrogens with zero attached hydrogens (tertiary/aromatic N) is 1. The summed E-state index contributed by atoms with van der Waals surface area (Å²) < 4.78 is 11.4. The van der Waals surface area contributed by atoms with Crippen LogP contribution in [0.5, 0.6) is 0 Å². The Morgan fingerprint density at radius 2 is 1.62 bits per heavy atom. The highest BCUT2D eigenvalue weighted by Gasteiger charge is 2.40. The van der Waals surface area contributed by atoms with Crippen LogP contribution in [0.3, 0.4) is 0 Å². The summed E-state index contributed by atoms with van der Waals surface area (Å²) in [5, 5.41) is 0. The molecule has 5 nitrogen and oxygen atoms in total. The molecular formula is C19H35NO4. The summed E-state index contributed by atoms with van der Waals surface area (Å²) in [6.07, 6.45) is 1.73. The average molecular weight is 341 g/mol. The topological polar surface area (TPSA) is 55.8 Å².